The highest BCUT2D eigenvalue weighted by Gasteiger charge is 2.11. The Balaban J connectivity index is 1.39. The molecular formula is C20H18N2O5. The Morgan fingerprint density at radius 3 is 2.56 bits per heavy atom. The fourth-order valence-corrected chi connectivity index (χ4v) is 2.46. The molecule has 7 heteroatoms. The number of fused-ring (bicyclic) bond motifs is 1. The summed E-state index contributed by atoms with van der Waals surface area (Å²) in [6.07, 6.45) is 1.34. The molecular weight excluding hydrogens is 348 g/mol. The van der Waals surface area contributed by atoms with Crippen LogP contribution in [0.3, 0.4) is 0 Å². The van der Waals surface area contributed by atoms with E-state index in [4.69, 9.17) is 9.15 Å². The number of nitrogens with one attached hydrogen (secondary N) is 2. The average molecular weight is 366 g/mol. The van der Waals surface area contributed by atoms with Crippen LogP contribution in [0, 0.1) is 0 Å². The Labute approximate surface area is 155 Å². The first-order valence-corrected chi connectivity index (χ1v) is 8.38. The standard InChI is InChI=1S/C20H18N2O5/c23-18(22-16-8-7-14-4-1-2-5-15(14)12-16)13-27-19(24)9-10-21-20(25)17-6-3-11-26-17/h1-8,11-12H,9-10,13H2,(H,21,25)(H,22,23). The molecule has 0 fully saturated rings. The summed E-state index contributed by atoms with van der Waals surface area (Å²) in [5, 5.41) is 7.28. The number of esters is 1. The van der Waals surface area contributed by atoms with Gasteiger partial charge in [-0.15, -0.1) is 0 Å². The second-order valence-electron chi connectivity index (χ2n) is 5.75. The smallest absolute Gasteiger partial charge is 0.308 e. The van der Waals surface area contributed by atoms with Crippen LogP contribution in [-0.4, -0.2) is 30.9 Å². The van der Waals surface area contributed by atoms with Crippen LogP contribution < -0.4 is 10.6 Å². The van der Waals surface area contributed by atoms with Gasteiger partial charge < -0.3 is 19.8 Å². The minimum atomic E-state index is -0.580. The first kappa shape index (κ1) is 18.2. The number of hydrogen-bond acceptors (Lipinski definition) is 5. The van der Waals surface area contributed by atoms with Crippen LogP contribution in [0.5, 0.6) is 0 Å². The third kappa shape index (κ3) is 5.18. The molecule has 2 amide bonds. The molecule has 2 N–H and O–H groups in total. The zero-order chi connectivity index (χ0) is 19.1. The van der Waals surface area contributed by atoms with E-state index in [1.54, 1.807) is 12.1 Å². The molecule has 27 heavy (non-hydrogen) atoms. The van der Waals surface area contributed by atoms with Gasteiger partial charge in [0, 0.05) is 12.2 Å². The molecule has 3 rings (SSSR count). The van der Waals surface area contributed by atoms with Gasteiger partial charge in [-0.05, 0) is 35.0 Å². The van der Waals surface area contributed by atoms with Crippen molar-refractivity contribution < 1.29 is 23.5 Å². The van der Waals surface area contributed by atoms with Gasteiger partial charge in [0.25, 0.3) is 11.8 Å². The van der Waals surface area contributed by atoms with Crippen molar-refractivity contribution in [1.82, 2.24) is 5.32 Å². The Bertz CT molecular complexity index is 950. The van der Waals surface area contributed by atoms with Gasteiger partial charge >= 0.3 is 5.97 Å². The van der Waals surface area contributed by atoms with Gasteiger partial charge in [-0.1, -0.05) is 30.3 Å². The number of rotatable bonds is 7. The molecule has 0 unspecified atom stereocenters. The largest absolute Gasteiger partial charge is 0.459 e. The monoisotopic (exact) mass is 366 g/mol. The van der Waals surface area contributed by atoms with Gasteiger partial charge in [0.2, 0.25) is 0 Å². The molecule has 0 aliphatic heterocycles. The average Bonchev–Trinajstić information content (AvgIpc) is 3.21. The molecule has 0 bridgehead atoms. The summed E-state index contributed by atoms with van der Waals surface area (Å²) in [5.74, 6) is -1.26. The van der Waals surface area contributed by atoms with E-state index in [0.717, 1.165) is 10.8 Å². The Morgan fingerprint density at radius 2 is 1.78 bits per heavy atom. The first-order chi connectivity index (χ1) is 13.1. The summed E-state index contributed by atoms with van der Waals surface area (Å²) < 4.78 is 9.84. The Hall–Kier alpha value is -3.61. The van der Waals surface area contributed by atoms with Gasteiger partial charge in [0.15, 0.2) is 12.4 Å². The molecule has 1 aromatic heterocycles. The predicted molar refractivity (Wildman–Crippen MR) is 99.2 cm³/mol. The van der Waals surface area contributed by atoms with Crippen molar-refractivity contribution >= 4 is 34.2 Å². The SMILES string of the molecule is O=C(COC(=O)CCNC(=O)c1ccco1)Nc1ccc2ccccc2c1. The molecule has 0 saturated carbocycles. The molecule has 138 valence electrons. The highest BCUT2D eigenvalue weighted by atomic mass is 16.5. The van der Waals surface area contributed by atoms with Crippen molar-refractivity contribution in [1.29, 1.82) is 0 Å². The zero-order valence-electron chi connectivity index (χ0n) is 14.4. The van der Waals surface area contributed by atoms with Gasteiger partial charge in [-0.3, -0.25) is 14.4 Å². The summed E-state index contributed by atoms with van der Waals surface area (Å²) in [4.78, 5) is 35.2. The molecule has 7 nitrogen and oxygen atoms in total. The lowest BCUT2D eigenvalue weighted by Gasteiger charge is -2.08. The highest BCUT2D eigenvalue weighted by molar-refractivity contribution is 5.95. The molecule has 2 aromatic carbocycles. The van der Waals surface area contributed by atoms with E-state index in [0.29, 0.717) is 5.69 Å². The summed E-state index contributed by atoms with van der Waals surface area (Å²) in [6.45, 7) is -0.303. The molecule has 1 heterocycles. The van der Waals surface area contributed by atoms with Crippen LogP contribution in [0.2, 0.25) is 0 Å². The zero-order valence-corrected chi connectivity index (χ0v) is 14.4. The first-order valence-electron chi connectivity index (χ1n) is 8.38. The van der Waals surface area contributed by atoms with Crippen LogP contribution in [0.15, 0.2) is 65.3 Å². The molecule has 0 saturated heterocycles. The maximum atomic E-state index is 11.9. The lowest BCUT2D eigenvalue weighted by Crippen LogP contribution is -2.27. The van der Waals surface area contributed by atoms with Crippen LogP contribution >= 0.6 is 0 Å². The molecule has 3 aromatic rings. The van der Waals surface area contributed by atoms with E-state index < -0.39 is 24.4 Å². The fourth-order valence-electron chi connectivity index (χ4n) is 2.46. The Kier molecular flexibility index (Phi) is 5.84. The van der Waals surface area contributed by atoms with E-state index in [9.17, 15) is 14.4 Å². The third-order valence-electron chi connectivity index (χ3n) is 3.76. The van der Waals surface area contributed by atoms with Gasteiger partial charge in [0.1, 0.15) is 0 Å². The normalized spacial score (nSPS) is 10.4. The predicted octanol–water partition coefficient (Wildman–Crippen LogP) is 2.73. The quantitative estimate of drug-likeness (QED) is 0.627. The second-order valence-corrected chi connectivity index (χ2v) is 5.75. The van der Waals surface area contributed by atoms with Crippen molar-refractivity contribution in [2.45, 2.75) is 6.42 Å². The molecule has 0 atom stereocenters. The van der Waals surface area contributed by atoms with E-state index in [1.165, 1.54) is 12.3 Å². The maximum Gasteiger partial charge on any atom is 0.308 e. The van der Waals surface area contributed by atoms with Gasteiger partial charge in [0.05, 0.1) is 12.7 Å². The van der Waals surface area contributed by atoms with Gasteiger partial charge in [-0.2, -0.15) is 0 Å². The molecule has 0 aliphatic rings. The van der Waals surface area contributed by atoms with E-state index in [1.807, 2.05) is 36.4 Å². The van der Waals surface area contributed by atoms with E-state index in [-0.39, 0.29) is 18.7 Å². The number of benzene rings is 2. The maximum absolute atomic E-state index is 11.9. The number of carbonyl (C=O) groups excluding carboxylic acids is 3. The lowest BCUT2D eigenvalue weighted by molar-refractivity contribution is -0.147. The lowest BCUT2D eigenvalue weighted by atomic mass is 10.1. The minimum absolute atomic E-state index is 0.0459. The second kappa shape index (κ2) is 8.66. The number of carbonyl (C=O) groups is 3. The number of ether oxygens (including phenoxy) is 1. The molecule has 0 aliphatic carbocycles. The van der Waals surface area contributed by atoms with Gasteiger partial charge in [-0.25, -0.2) is 0 Å². The number of amides is 2. The third-order valence-corrected chi connectivity index (χ3v) is 3.76. The van der Waals surface area contributed by atoms with E-state index in [2.05, 4.69) is 10.6 Å². The number of hydrogen-bond donors (Lipinski definition) is 2. The highest BCUT2D eigenvalue weighted by Crippen LogP contribution is 2.18. The van der Waals surface area contributed by atoms with Crippen molar-refractivity contribution in [2.24, 2.45) is 0 Å². The molecule has 0 spiro atoms. The number of anilines is 1. The minimum Gasteiger partial charge on any atom is -0.459 e. The van der Waals surface area contributed by atoms with Crippen LogP contribution in [0.25, 0.3) is 10.8 Å². The summed E-state index contributed by atoms with van der Waals surface area (Å²) in [7, 11) is 0. The summed E-state index contributed by atoms with van der Waals surface area (Å²) in [5.41, 5.74) is 0.625. The number of furan rings is 1. The topological polar surface area (TPSA) is 97.6 Å². The van der Waals surface area contributed by atoms with Crippen LogP contribution in [-0.2, 0) is 14.3 Å². The van der Waals surface area contributed by atoms with E-state index >= 15 is 0 Å². The molecule has 0 radical (unpaired) electrons. The van der Waals surface area contributed by atoms with Crippen molar-refractivity contribution in [3.05, 3.63) is 66.6 Å². The van der Waals surface area contributed by atoms with Crippen molar-refractivity contribution in [3.63, 3.8) is 0 Å². The fraction of sp³-hybridized carbons (Fsp3) is 0.150. The summed E-state index contributed by atoms with van der Waals surface area (Å²) in [6, 6.07) is 16.4. The van der Waals surface area contributed by atoms with Crippen molar-refractivity contribution in [3.8, 4) is 0 Å². The van der Waals surface area contributed by atoms with Crippen LogP contribution in [0.1, 0.15) is 17.0 Å². The van der Waals surface area contributed by atoms with Crippen molar-refractivity contribution in [2.75, 3.05) is 18.5 Å². The van der Waals surface area contributed by atoms with Crippen LogP contribution in [0.4, 0.5) is 5.69 Å². The Morgan fingerprint density at radius 1 is 0.963 bits per heavy atom. The summed E-state index contributed by atoms with van der Waals surface area (Å²) >= 11 is 0.